The molecule has 0 radical (unpaired) electrons. The third-order valence-corrected chi connectivity index (χ3v) is 4.63. The fourth-order valence-corrected chi connectivity index (χ4v) is 2.98. The summed E-state index contributed by atoms with van der Waals surface area (Å²) in [6.45, 7) is 2.51. The predicted molar refractivity (Wildman–Crippen MR) is 108 cm³/mol. The summed E-state index contributed by atoms with van der Waals surface area (Å²) in [5.74, 6) is -0.957. The lowest BCUT2D eigenvalue weighted by Crippen LogP contribution is -2.38. The monoisotopic (exact) mass is 381 g/mol. The van der Waals surface area contributed by atoms with E-state index >= 15 is 0 Å². The van der Waals surface area contributed by atoms with Gasteiger partial charge in [0.15, 0.2) is 5.78 Å². The molecule has 0 N–H and O–H groups in total. The van der Waals surface area contributed by atoms with E-state index in [0.717, 1.165) is 5.56 Å². The highest BCUT2D eigenvalue weighted by Crippen LogP contribution is 2.11. The summed E-state index contributed by atoms with van der Waals surface area (Å²) in [7, 11) is 1.34. The first-order chi connectivity index (χ1) is 13.5. The van der Waals surface area contributed by atoms with Crippen molar-refractivity contribution in [3.8, 4) is 0 Å². The van der Waals surface area contributed by atoms with E-state index in [0.29, 0.717) is 18.5 Å². The Balaban J connectivity index is 1.98. The number of carbonyl (C=O) groups is 3. The third kappa shape index (κ3) is 6.65. The average Bonchev–Trinajstić information content (AvgIpc) is 2.75. The van der Waals surface area contributed by atoms with Crippen LogP contribution in [-0.4, -0.2) is 42.8 Å². The average molecular weight is 381 g/mol. The number of Topliss-reactive ketones (excluding diaryl/α,β-unsaturated/α-hetero) is 1. The number of nitrogens with zero attached hydrogens (tertiary/aromatic N) is 1. The quantitative estimate of drug-likeness (QED) is 0.467. The molecule has 1 atom stereocenters. The van der Waals surface area contributed by atoms with Gasteiger partial charge in [-0.05, 0) is 12.0 Å². The molecule has 0 fully saturated rings. The molecule has 2 aromatic carbocycles. The number of rotatable bonds is 10. The molecule has 2 rings (SSSR count). The Kier molecular flexibility index (Phi) is 8.40. The molecular formula is C23H27NO4. The summed E-state index contributed by atoms with van der Waals surface area (Å²) in [4.78, 5) is 38.5. The van der Waals surface area contributed by atoms with Gasteiger partial charge in [-0.1, -0.05) is 67.6 Å². The Labute approximate surface area is 166 Å². The third-order valence-electron chi connectivity index (χ3n) is 4.63. The number of esters is 1. The lowest BCUT2D eigenvalue weighted by Gasteiger charge is -2.25. The SMILES string of the molecule is COC(=O)C(C)CN(CCc1ccccc1)C(=O)CCC(=O)c1ccccc1. The molecule has 0 bridgehead atoms. The number of ether oxygens (including phenoxy) is 1. The number of benzene rings is 2. The van der Waals surface area contributed by atoms with Crippen LogP contribution in [0.25, 0.3) is 0 Å². The van der Waals surface area contributed by atoms with Gasteiger partial charge in [0.2, 0.25) is 5.91 Å². The van der Waals surface area contributed by atoms with Gasteiger partial charge in [0, 0.05) is 31.5 Å². The van der Waals surface area contributed by atoms with Gasteiger partial charge >= 0.3 is 5.97 Å². The van der Waals surface area contributed by atoms with Crippen LogP contribution in [0.4, 0.5) is 0 Å². The van der Waals surface area contributed by atoms with Crippen LogP contribution < -0.4 is 0 Å². The lowest BCUT2D eigenvalue weighted by atomic mass is 10.1. The van der Waals surface area contributed by atoms with E-state index in [1.807, 2.05) is 36.4 Å². The van der Waals surface area contributed by atoms with Crippen LogP contribution in [0.1, 0.15) is 35.7 Å². The van der Waals surface area contributed by atoms with E-state index in [2.05, 4.69) is 0 Å². The van der Waals surface area contributed by atoms with Crippen molar-refractivity contribution >= 4 is 17.7 Å². The van der Waals surface area contributed by atoms with Crippen LogP contribution in [0.15, 0.2) is 60.7 Å². The first-order valence-electron chi connectivity index (χ1n) is 9.49. The molecule has 0 saturated heterocycles. The molecule has 2 aromatic rings. The minimum absolute atomic E-state index is 0.0574. The maximum Gasteiger partial charge on any atom is 0.310 e. The summed E-state index contributed by atoms with van der Waals surface area (Å²) < 4.78 is 4.78. The molecule has 0 saturated carbocycles. The van der Waals surface area contributed by atoms with Crippen molar-refractivity contribution in [2.24, 2.45) is 5.92 Å². The Morgan fingerprint density at radius 1 is 0.929 bits per heavy atom. The lowest BCUT2D eigenvalue weighted by molar-refractivity contribution is -0.146. The molecule has 0 aliphatic heterocycles. The molecule has 0 aliphatic carbocycles. The van der Waals surface area contributed by atoms with E-state index in [1.54, 1.807) is 36.1 Å². The van der Waals surface area contributed by atoms with Gasteiger partial charge in [0.1, 0.15) is 0 Å². The first-order valence-corrected chi connectivity index (χ1v) is 9.49. The summed E-state index contributed by atoms with van der Waals surface area (Å²) in [6.07, 6.45) is 0.959. The number of hydrogen-bond acceptors (Lipinski definition) is 4. The normalized spacial score (nSPS) is 11.5. The van der Waals surface area contributed by atoms with Gasteiger partial charge in [-0.2, -0.15) is 0 Å². The molecule has 1 amide bonds. The van der Waals surface area contributed by atoms with Gasteiger partial charge in [0.25, 0.3) is 0 Å². The summed E-state index contributed by atoms with van der Waals surface area (Å²) >= 11 is 0. The van der Waals surface area contributed by atoms with Crippen LogP contribution in [0, 0.1) is 5.92 Å². The van der Waals surface area contributed by atoms with Crippen molar-refractivity contribution < 1.29 is 19.1 Å². The molecule has 148 valence electrons. The fraction of sp³-hybridized carbons (Fsp3) is 0.348. The molecule has 28 heavy (non-hydrogen) atoms. The second-order valence-electron chi connectivity index (χ2n) is 6.79. The molecule has 5 heteroatoms. The zero-order valence-electron chi connectivity index (χ0n) is 16.5. The van der Waals surface area contributed by atoms with Crippen LogP contribution in [0.3, 0.4) is 0 Å². The summed E-state index contributed by atoms with van der Waals surface area (Å²) in [5, 5.41) is 0. The molecule has 0 aliphatic rings. The van der Waals surface area contributed by atoms with Crippen molar-refractivity contribution in [3.05, 3.63) is 71.8 Å². The second kappa shape index (κ2) is 11.0. The zero-order chi connectivity index (χ0) is 20.4. The Morgan fingerprint density at radius 2 is 1.54 bits per heavy atom. The standard InChI is InChI=1S/C23H27NO4/c1-18(23(27)28-2)17-24(16-15-19-9-5-3-6-10-19)22(26)14-13-21(25)20-11-7-4-8-12-20/h3-12,18H,13-17H2,1-2H3. The first kappa shape index (κ1) is 21.4. The van der Waals surface area contributed by atoms with Crippen LogP contribution in [0.5, 0.6) is 0 Å². The molecule has 0 aromatic heterocycles. The maximum absolute atomic E-state index is 12.8. The van der Waals surface area contributed by atoms with E-state index in [1.165, 1.54) is 7.11 Å². The fourth-order valence-electron chi connectivity index (χ4n) is 2.98. The maximum atomic E-state index is 12.8. The summed E-state index contributed by atoms with van der Waals surface area (Å²) in [6, 6.07) is 18.8. The number of ketones is 1. The Bertz CT molecular complexity index is 774. The van der Waals surface area contributed by atoms with Gasteiger partial charge in [-0.15, -0.1) is 0 Å². The second-order valence-corrected chi connectivity index (χ2v) is 6.79. The van der Waals surface area contributed by atoms with Crippen LogP contribution in [0.2, 0.25) is 0 Å². The predicted octanol–water partition coefficient (Wildman–Crippen LogP) is 3.53. The topological polar surface area (TPSA) is 63.7 Å². The van der Waals surface area contributed by atoms with E-state index in [9.17, 15) is 14.4 Å². The number of carbonyl (C=O) groups excluding carboxylic acids is 3. The van der Waals surface area contributed by atoms with Crippen LogP contribution in [-0.2, 0) is 20.7 Å². The van der Waals surface area contributed by atoms with Crippen molar-refractivity contribution in [1.29, 1.82) is 0 Å². The van der Waals surface area contributed by atoms with Crippen molar-refractivity contribution in [3.63, 3.8) is 0 Å². The molecule has 1 unspecified atom stereocenters. The van der Waals surface area contributed by atoms with Gasteiger partial charge in [0.05, 0.1) is 13.0 Å². The van der Waals surface area contributed by atoms with E-state index < -0.39 is 5.92 Å². The molecular weight excluding hydrogens is 354 g/mol. The number of hydrogen-bond donors (Lipinski definition) is 0. The number of amides is 1. The summed E-state index contributed by atoms with van der Waals surface area (Å²) in [5.41, 5.74) is 1.72. The van der Waals surface area contributed by atoms with Crippen molar-refractivity contribution in [1.82, 2.24) is 4.90 Å². The van der Waals surface area contributed by atoms with Gasteiger partial charge in [-0.25, -0.2) is 0 Å². The Hall–Kier alpha value is -2.95. The van der Waals surface area contributed by atoms with Gasteiger partial charge < -0.3 is 9.64 Å². The van der Waals surface area contributed by atoms with Crippen molar-refractivity contribution in [2.45, 2.75) is 26.2 Å². The molecule has 0 spiro atoms. The van der Waals surface area contributed by atoms with E-state index in [-0.39, 0.29) is 37.0 Å². The minimum atomic E-state index is -0.422. The Morgan fingerprint density at radius 3 is 2.14 bits per heavy atom. The highest BCUT2D eigenvalue weighted by Gasteiger charge is 2.22. The minimum Gasteiger partial charge on any atom is -0.469 e. The molecule has 0 heterocycles. The highest BCUT2D eigenvalue weighted by molar-refractivity contribution is 5.97. The molecule has 5 nitrogen and oxygen atoms in total. The van der Waals surface area contributed by atoms with Gasteiger partial charge in [-0.3, -0.25) is 14.4 Å². The van der Waals surface area contributed by atoms with E-state index in [4.69, 9.17) is 4.74 Å². The smallest absolute Gasteiger partial charge is 0.310 e. The highest BCUT2D eigenvalue weighted by atomic mass is 16.5. The zero-order valence-corrected chi connectivity index (χ0v) is 16.5. The largest absolute Gasteiger partial charge is 0.469 e. The van der Waals surface area contributed by atoms with Crippen LogP contribution >= 0.6 is 0 Å². The number of methoxy groups -OCH3 is 1. The van der Waals surface area contributed by atoms with Crippen molar-refractivity contribution in [2.75, 3.05) is 20.2 Å².